The first-order valence-corrected chi connectivity index (χ1v) is 8.72. The molecule has 0 aromatic heterocycles. The van der Waals surface area contributed by atoms with Gasteiger partial charge in [0, 0.05) is 0 Å². The maximum absolute atomic E-state index is 13.5. The van der Waals surface area contributed by atoms with Gasteiger partial charge in [0.2, 0.25) is 0 Å². The minimum Gasteiger partial charge on any atom is -0.496 e. The summed E-state index contributed by atoms with van der Waals surface area (Å²) in [6.07, 6.45) is 0. The van der Waals surface area contributed by atoms with Crippen LogP contribution >= 0.6 is 0 Å². The molecule has 1 atom stereocenters. The van der Waals surface area contributed by atoms with Crippen molar-refractivity contribution in [2.45, 2.75) is 19.1 Å². The number of nitrogens with zero attached hydrogens (tertiary/aromatic N) is 1. The number of Topliss-reactive ketones (excluding diaryl/α,β-unsaturated/α-hetero) is 1. The normalized spacial score (nSPS) is 18.5. The van der Waals surface area contributed by atoms with Gasteiger partial charge in [0.25, 0.3) is 5.91 Å². The number of ether oxygens (including phenoxy) is 2. The number of halogens is 3. The Morgan fingerprint density at radius 1 is 1.17 bits per heavy atom. The van der Waals surface area contributed by atoms with E-state index in [1.54, 1.807) is 0 Å². The number of benzene rings is 2. The molecule has 1 N–H and O–H groups in total. The van der Waals surface area contributed by atoms with Gasteiger partial charge in [0.1, 0.15) is 22.9 Å². The van der Waals surface area contributed by atoms with Crippen LogP contribution in [0.15, 0.2) is 42.5 Å². The van der Waals surface area contributed by atoms with Crippen molar-refractivity contribution in [3.05, 3.63) is 59.4 Å². The second-order valence-electron chi connectivity index (χ2n) is 6.62. The highest BCUT2D eigenvalue weighted by atomic mass is 19.3. The molecule has 7 nitrogen and oxygen atoms in total. The lowest BCUT2D eigenvalue weighted by molar-refractivity contribution is -0.130. The van der Waals surface area contributed by atoms with Crippen LogP contribution < -0.4 is 14.8 Å². The number of alkyl halides is 2. The lowest BCUT2D eigenvalue weighted by Crippen LogP contribution is -2.41. The summed E-state index contributed by atoms with van der Waals surface area (Å²) in [5.41, 5.74) is -1.33. The van der Waals surface area contributed by atoms with Gasteiger partial charge in [-0.25, -0.2) is 9.18 Å². The number of urea groups is 1. The van der Waals surface area contributed by atoms with Crippen LogP contribution in [0.3, 0.4) is 0 Å². The molecule has 3 amide bonds. The molecule has 0 bridgehead atoms. The summed E-state index contributed by atoms with van der Waals surface area (Å²) in [6, 6.07) is 7.70. The molecule has 1 fully saturated rings. The molecule has 1 heterocycles. The standard InChI is InChI=1S/C20H17F3N2O5/c1-20(11-3-6-13(7-4-11)30-18(22)23)17(27)25(19(28)24-20)10-15(26)14-9-12(21)5-8-16(14)29-2/h3-9,18H,10H2,1-2H3,(H,24,28). The molecule has 0 saturated carbocycles. The van der Waals surface area contributed by atoms with Crippen LogP contribution in [0.1, 0.15) is 22.8 Å². The number of carbonyl (C=O) groups is 3. The van der Waals surface area contributed by atoms with E-state index in [2.05, 4.69) is 10.1 Å². The summed E-state index contributed by atoms with van der Waals surface area (Å²) in [4.78, 5) is 38.6. The van der Waals surface area contributed by atoms with Gasteiger partial charge in [-0.2, -0.15) is 8.78 Å². The third-order valence-corrected chi connectivity index (χ3v) is 4.70. The van der Waals surface area contributed by atoms with Crippen LogP contribution in [-0.4, -0.2) is 42.9 Å². The van der Waals surface area contributed by atoms with E-state index in [9.17, 15) is 27.6 Å². The molecule has 30 heavy (non-hydrogen) atoms. The lowest BCUT2D eigenvalue weighted by atomic mass is 9.92. The second kappa shape index (κ2) is 8.05. The average molecular weight is 422 g/mol. The van der Waals surface area contributed by atoms with Crippen molar-refractivity contribution in [2.24, 2.45) is 0 Å². The molecule has 2 aromatic rings. The van der Waals surface area contributed by atoms with Crippen molar-refractivity contribution in [3.8, 4) is 11.5 Å². The molecule has 0 radical (unpaired) electrons. The van der Waals surface area contributed by atoms with Crippen molar-refractivity contribution < 1.29 is 37.0 Å². The minimum atomic E-state index is -3.00. The first-order valence-electron chi connectivity index (χ1n) is 8.72. The Labute approximate surface area is 169 Å². The van der Waals surface area contributed by atoms with Gasteiger partial charge < -0.3 is 14.8 Å². The Balaban J connectivity index is 1.82. The Bertz CT molecular complexity index is 996. The fraction of sp³-hybridized carbons (Fsp3) is 0.250. The predicted octanol–water partition coefficient (Wildman–Crippen LogP) is 3.09. The number of hydrogen-bond donors (Lipinski definition) is 1. The van der Waals surface area contributed by atoms with Crippen LogP contribution in [0.4, 0.5) is 18.0 Å². The number of rotatable bonds is 7. The van der Waals surface area contributed by atoms with E-state index < -0.39 is 42.2 Å². The molecule has 0 aliphatic carbocycles. The Morgan fingerprint density at radius 3 is 2.43 bits per heavy atom. The number of methoxy groups -OCH3 is 1. The Kier molecular flexibility index (Phi) is 5.68. The fourth-order valence-corrected chi connectivity index (χ4v) is 3.13. The van der Waals surface area contributed by atoms with Crippen molar-refractivity contribution in [2.75, 3.05) is 13.7 Å². The Morgan fingerprint density at radius 2 is 1.83 bits per heavy atom. The Hall–Kier alpha value is -3.56. The fourth-order valence-electron chi connectivity index (χ4n) is 3.13. The van der Waals surface area contributed by atoms with E-state index in [0.29, 0.717) is 10.5 Å². The van der Waals surface area contributed by atoms with E-state index in [0.717, 1.165) is 12.1 Å². The van der Waals surface area contributed by atoms with Gasteiger partial charge in [0.05, 0.1) is 19.2 Å². The zero-order valence-electron chi connectivity index (χ0n) is 15.9. The predicted molar refractivity (Wildman–Crippen MR) is 98.0 cm³/mol. The summed E-state index contributed by atoms with van der Waals surface area (Å²) in [7, 11) is 1.30. The molecule has 1 unspecified atom stereocenters. The number of carbonyl (C=O) groups excluding carboxylic acids is 3. The molecule has 10 heteroatoms. The first kappa shape index (κ1) is 21.2. The van der Waals surface area contributed by atoms with E-state index in [-0.39, 0.29) is 17.1 Å². The smallest absolute Gasteiger partial charge is 0.387 e. The minimum absolute atomic E-state index is 0.103. The average Bonchev–Trinajstić information content (AvgIpc) is 2.92. The van der Waals surface area contributed by atoms with Crippen LogP contribution in [0.5, 0.6) is 11.5 Å². The van der Waals surface area contributed by atoms with Crippen molar-refractivity contribution in [1.82, 2.24) is 10.2 Å². The second-order valence-corrected chi connectivity index (χ2v) is 6.62. The van der Waals surface area contributed by atoms with Crippen LogP contribution in [0, 0.1) is 5.82 Å². The molecular weight excluding hydrogens is 405 g/mol. The number of hydrogen-bond acceptors (Lipinski definition) is 5. The first-order chi connectivity index (χ1) is 14.2. The molecule has 1 aliphatic heterocycles. The summed E-state index contributed by atoms with van der Waals surface area (Å²) in [5.74, 6) is -2.10. The largest absolute Gasteiger partial charge is 0.496 e. The molecule has 0 spiro atoms. The van der Waals surface area contributed by atoms with Crippen LogP contribution in [0.25, 0.3) is 0 Å². The van der Waals surface area contributed by atoms with E-state index >= 15 is 0 Å². The van der Waals surface area contributed by atoms with Gasteiger partial charge in [-0.1, -0.05) is 12.1 Å². The molecule has 1 saturated heterocycles. The summed E-state index contributed by atoms with van der Waals surface area (Å²) in [6.45, 7) is -2.21. The molecule has 2 aromatic carbocycles. The van der Waals surface area contributed by atoms with Gasteiger partial charge in [0.15, 0.2) is 5.78 Å². The van der Waals surface area contributed by atoms with E-state index in [4.69, 9.17) is 4.74 Å². The van der Waals surface area contributed by atoms with E-state index in [1.807, 2.05) is 0 Å². The quantitative estimate of drug-likeness (QED) is 0.548. The lowest BCUT2D eigenvalue weighted by Gasteiger charge is -2.22. The number of nitrogens with one attached hydrogen (secondary N) is 1. The van der Waals surface area contributed by atoms with Crippen LogP contribution in [-0.2, 0) is 10.3 Å². The van der Waals surface area contributed by atoms with Gasteiger partial charge in [-0.15, -0.1) is 0 Å². The zero-order valence-corrected chi connectivity index (χ0v) is 15.9. The topological polar surface area (TPSA) is 84.9 Å². The monoisotopic (exact) mass is 422 g/mol. The van der Waals surface area contributed by atoms with Crippen molar-refractivity contribution >= 4 is 17.7 Å². The van der Waals surface area contributed by atoms with E-state index in [1.165, 1.54) is 44.4 Å². The molecular formula is C20H17F3N2O5. The molecule has 3 rings (SSSR count). The van der Waals surface area contributed by atoms with Crippen molar-refractivity contribution in [1.29, 1.82) is 0 Å². The summed E-state index contributed by atoms with van der Waals surface area (Å²) in [5, 5.41) is 2.49. The highest BCUT2D eigenvalue weighted by molar-refractivity contribution is 6.11. The maximum atomic E-state index is 13.5. The van der Waals surface area contributed by atoms with Crippen molar-refractivity contribution in [3.63, 3.8) is 0 Å². The summed E-state index contributed by atoms with van der Waals surface area (Å²) >= 11 is 0. The SMILES string of the molecule is COc1ccc(F)cc1C(=O)CN1C(=O)NC(C)(c2ccc(OC(F)F)cc2)C1=O. The van der Waals surface area contributed by atoms with Crippen LogP contribution in [0.2, 0.25) is 0 Å². The van der Waals surface area contributed by atoms with Gasteiger partial charge in [-0.3, -0.25) is 14.5 Å². The third-order valence-electron chi connectivity index (χ3n) is 4.70. The number of ketones is 1. The van der Waals surface area contributed by atoms with Gasteiger partial charge in [-0.05, 0) is 42.8 Å². The number of amides is 3. The van der Waals surface area contributed by atoms with Gasteiger partial charge >= 0.3 is 12.6 Å². The number of imide groups is 1. The zero-order chi connectivity index (χ0) is 22.1. The summed E-state index contributed by atoms with van der Waals surface area (Å²) < 4.78 is 47.4. The highest BCUT2D eigenvalue weighted by Gasteiger charge is 2.49. The molecule has 158 valence electrons. The maximum Gasteiger partial charge on any atom is 0.387 e. The third kappa shape index (κ3) is 3.93. The molecule has 1 aliphatic rings. The highest BCUT2D eigenvalue weighted by Crippen LogP contribution is 2.31.